The summed E-state index contributed by atoms with van der Waals surface area (Å²) in [7, 11) is 3.15. The molecule has 0 spiro atoms. The molecule has 0 aliphatic rings. The number of carbonyl (C=O) groups is 2. The minimum Gasteiger partial charge on any atom is -0.493 e. The Morgan fingerprint density at radius 1 is 0.964 bits per heavy atom. The molecular weight excluding hydrogens is 376 g/mol. The molecule has 7 heteroatoms. The second kappa shape index (κ2) is 10.0. The van der Waals surface area contributed by atoms with Gasteiger partial charge in [0.05, 0.1) is 30.7 Å². The minimum atomic E-state index is -0.376. The molecule has 0 unspecified atom stereocenters. The molecular formula is C21H26N2O4S. The van der Waals surface area contributed by atoms with Gasteiger partial charge in [-0.2, -0.15) is 0 Å². The average Bonchev–Trinajstić information content (AvgIpc) is 2.67. The van der Waals surface area contributed by atoms with E-state index in [4.69, 9.17) is 9.47 Å². The molecule has 0 saturated carbocycles. The van der Waals surface area contributed by atoms with E-state index in [1.807, 2.05) is 32.9 Å². The van der Waals surface area contributed by atoms with E-state index < -0.39 is 0 Å². The lowest BCUT2D eigenvalue weighted by atomic mass is 10.1. The number of amides is 2. The van der Waals surface area contributed by atoms with Gasteiger partial charge in [-0.1, -0.05) is 12.1 Å². The first-order valence-electron chi connectivity index (χ1n) is 8.95. The van der Waals surface area contributed by atoms with Crippen molar-refractivity contribution in [3.63, 3.8) is 0 Å². The zero-order valence-electron chi connectivity index (χ0n) is 16.7. The normalized spacial score (nSPS) is 11.6. The number of thioether (sulfide) groups is 1. The molecule has 28 heavy (non-hydrogen) atoms. The molecule has 0 aromatic heterocycles. The summed E-state index contributed by atoms with van der Waals surface area (Å²) in [5, 5.41) is 5.33. The molecule has 0 saturated heterocycles. The van der Waals surface area contributed by atoms with Crippen LogP contribution in [0.15, 0.2) is 47.4 Å². The standard InChI is InChI=1S/C21H26N2O4S/c1-13(2)22-21(25)16-8-6-7-9-17(16)23-20(24)14(3)28-15-10-11-18(26-4)19(12-15)27-5/h6-14H,1-5H3,(H,22,25)(H,23,24)/t14-/m1/s1. The van der Waals surface area contributed by atoms with E-state index in [2.05, 4.69) is 10.6 Å². The van der Waals surface area contributed by atoms with Crippen molar-refractivity contribution in [3.8, 4) is 11.5 Å². The van der Waals surface area contributed by atoms with E-state index in [9.17, 15) is 9.59 Å². The number of methoxy groups -OCH3 is 2. The van der Waals surface area contributed by atoms with E-state index in [0.717, 1.165) is 4.90 Å². The fourth-order valence-electron chi connectivity index (χ4n) is 2.51. The summed E-state index contributed by atoms with van der Waals surface area (Å²) in [6, 6.07) is 12.5. The lowest BCUT2D eigenvalue weighted by Crippen LogP contribution is -2.31. The van der Waals surface area contributed by atoms with Gasteiger partial charge in [-0.25, -0.2) is 0 Å². The number of carbonyl (C=O) groups excluding carboxylic acids is 2. The molecule has 2 N–H and O–H groups in total. The topological polar surface area (TPSA) is 76.7 Å². The number of hydrogen-bond acceptors (Lipinski definition) is 5. The monoisotopic (exact) mass is 402 g/mol. The number of nitrogens with one attached hydrogen (secondary N) is 2. The van der Waals surface area contributed by atoms with Crippen LogP contribution in [0.3, 0.4) is 0 Å². The van der Waals surface area contributed by atoms with Crippen LogP contribution >= 0.6 is 11.8 Å². The van der Waals surface area contributed by atoms with Crippen molar-refractivity contribution in [2.45, 2.75) is 37.0 Å². The van der Waals surface area contributed by atoms with Gasteiger partial charge < -0.3 is 20.1 Å². The summed E-state index contributed by atoms with van der Waals surface area (Å²) in [6.45, 7) is 5.59. The predicted octanol–water partition coefficient (Wildman–Crippen LogP) is 3.96. The van der Waals surface area contributed by atoms with Crippen LogP contribution in [0.4, 0.5) is 5.69 Å². The van der Waals surface area contributed by atoms with Crippen LogP contribution in [-0.2, 0) is 4.79 Å². The second-order valence-electron chi connectivity index (χ2n) is 6.44. The van der Waals surface area contributed by atoms with Crippen LogP contribution < -0.4 is 20.1 Å². The summed E-state index contributed by atoms with van der Waals surface area (Å²) in [5.74, 6) is 0.834. The maximum absolute atomic E-state index is 12.7. The number of anilines is 1. The van der Waals surface area contributed by atoms with Crippen molar-refractivity contribution in [2.24, 2.45) is 0 Å². The number of rotatable bonds is 8. The van der Waals surface area contributed by atoms with E-state index >= 15 is 0 Å². The molecule has 2 amide bonds. The summed E-state index contributed by atoms with van der Waals surface area (Å²) in [4.78, 5) is 25.9. The number of hydrogen-bond donors (Lipinski definition) is 2. The molecule has 150 valence electrons. The number of para-hydroxylation sites is 1. The Morgan fingerprint density at radius 3 is 2.29 bits per heavy atom. The van der Waals surface area contributed by atoms with Crippen molar-refractivity contribution in [3.05, 3.63) is 48.0 Å². The van der Waals surface area contributed by atoms with Crippen LogP contribution in [0.1, 0.15) is 31.1 Å². The Morgan fingerprint density at radius 2 is 1.64 bits per heavy atom. The smallest absolute Gasteiger partial charge is 0.253 e. The summed E-state index contributed by atoms with van der Waals surface area (Å²) >= 11 is 1.40. The van der Waals surface area contributed by atoms with Gasteiger partial charge in [-0.05, 0) is 51.1 Å². The third-order valence-electron chi connectivity index (χ3n) is 3.89. The summed E-state index contributed by atoms with van der Waals surface area (Å²) in [6.07, 6.45) is 0. The molecule has 2 aromatic rings. The highest BCUT2D eigenvalue weighted by molar-refractivity contribution is 8.00. The molecule has 6 nitrogen and oxygen atoms in total. The lowest BCUT2D eigenvalue weighted by molar-refractivity contribution is -0.115. The molecule has 0 aliphatic carbocycles. The van der Waals surface area contributed by atoms with Crippen molar-refractivity contribution in [2.75, 3.05) is 19.5 Å². The largest absolute Gasteiger partial charge is 0.493 e. The molecule has 0 radical (unpaired) electrons. The Kier molecular flexibility index (Phi) is 7.75. The SMILES string of the molecule is COc1ccc(S[C@H](C)C(=O)Nc2ccccc2C(=O)NC(C)C)cc1OC. The Labute approximate surface area is 170 Å². The van der Waals surface area contributed by atoms with E-state index in [0.29, 0.717) is 22.7 Å². The Bertz CT molecular complexity index is 839. The van der Waals surface area contributed by atoms with Crippen molar-refractivity contribution in [1.82, 2.24) is 5.32 Å². The van der Waals surface area contributed by atoms with Gasteiger partial charge in [0.1, 0.15) is 0 Å². The Hall–Kier alpha value is -2.67. The van der Waals surface area contributed by atoms with Crippen LogP contribution in [0.2, 0.25) is 0 Å². The zero-order chi connectivity index (χ0) is 20.7. The maximum Gasteiger partial charge on any atom is 0.253 e. The van der Waals surface area contributed by atoms with Crippen LogP contribution in [0, 0.1) is 0 Å². The van der Waals surface area contributed by atoms with Gasteiger partial charge in [0.15, 0.2) is 11.5 Å². The molecule has 2 aromatic carbocycles. The van der Waals surface area contributed by atoms with E-state index in [1.165, 1.54) is 11.8 Å². The van der Waals surface area contributed by atoms with E-state index in [-0.39, 0.29) is 23.1 Å². The predicted molar refractivity (Wildman–Crippen MR) is 113 cm³/mol. The Balaban J connectivity index is 2.10. The fourth-order valence-corrected chi connectivity index (χ4v) is 3.41. The third kappa shape index (κ3) is 5.66. The highest BCUT2D eigenvalue weighted by Gasteiger charge is 2.19. The van der Waals surface area contributed by atoms with Crippen molar-refractivity contribution >= 4 is 29.3 Å². The highest BCUT2D eigenvalue weighted by Crippen LogP contribution is 2.33. The second-order valence-corrected chi connectivity index (χ2v) is 7.85. The van der Waals surface area contributed by atoms with Gasteiger partial charge in [0.2, 0.25) is 5.91 Å². The van der Waals surface area contributed by atoms with Crippen LogP contribution in [-0.4, -0.2) is 37.3 Å². The molecule has 1 atom stereocenters. The lowest BCUT2D eigenvalue weighted by Gasteiger charge is -2.16. The summed E-state index contributed by atoms with van der Waals surface area (Å²) < 4.78 is 10.5. The summed E-state index contributed by atoms with van der Waals surface area (Å²) in [5.41, 5.74) is 0.929. The molecule has 2 rings (SSSR count). The molecule has 0 fully saturated rings. The van der Waals surface area contributed by atoms with Crippen LogP contribution in [0.25, 0.3) is 0 Å². The highest BCUT2D eigenvalue weighted by atomic mass is 32.2. The zero-order valence-corrected chi connectivity index (χ0v) is 17.6. The molecule has 0 heterocycles. The fraction of sp³-hybridized carbons (Fsp3) is 0.333. The van der Waals surface area contributed by atoms with Gasteiger partial charge in [0, 0.05) is 10.9 Å². The molecule has 0 bridgehead atoms. The van der Waals surface area contributed by atoms with Gasteiger partial charge in [0.25, 0.3) is 5.91 Å². The maximum atomic E-state index is 12.7. The van der Waals surface area contributed by atoms with E-state index in [1.54, 1.807) is 44.6 Å². The van der Waals surface area contributed by atoms with Crippen molar-refractivity contribution in [1.29, 1.82) is 0 Å². The van der Waals surface area contributed by atoms with Gasteiger partial charge in [-0.15, -0.1) is 11.8 Å². The third-order valence-corrected chi connectivity index (χ3v) is 4.98. The first kappa shape index (κ1) is 21.6. The van der Waals surface area contributed by atoms with Crippen LogP contribution in [0.5, 0.6) is 11.5 Å². The first-order valence-corrected chi connectivity index (χ1v) is 9.83. The van der Waals surface area contributed by atoms with Crippen molar-refractivity contribution < 1.29 is 19.1 Å². The van der Waals surface area contributed by atoms with Gasteiger partial charge >= 0.3 is 0 Å². The number of ether oxygens (including phenoxy) is 2. The average molecular weight is 403 g/mol. The first-order chi connectivity index (χ1) is 13.3. The molecule has 0 aliphatic heterocycles. The number of benzene rings is 2. The van der Waals surface area contributed by atoms with Gasteiger partial charge in [-0.3, -0.25) is 9.59 Å². The quantitative estimate of drug-likeness (QED) is 0.654. The minimum absolute atomic E-state index is 0.00999.